The highest BCUT2D eigenvalue weighted by Crippen LogP contribution is 2.29. The molecule has 0 bridgehead atoms. The highest BCUT2D eigenvalue weighted by atomic mass is 16.5. The third-order valence-electron chi connectivity index (χ3n) is 6.84. The number of para-hydroxylation sites is 1. The molecule has 0 amide bonds. The first-order valence-electron chi connectivity index (χ1n) is 12.0. The predicted octanol–water partition coefficient (Wildman–Crippen LogP) is 4.44. The molecule has 1 fully saturated rings. The lowest BCUT2D eigenvalue weighted by Crippen LogP contribution is -2.45. The number of nitrogens with zero attached hydrogens (tertiary/aromatic N) is 4. The number of pyridine rings is 1. The number of aryl methyl sites for hydroxylation is 1. The van der Waals surface area contributed by atoms with Gasteiger partial charge in [-0.2, -0.15) is 4.57 Å². The Morgan fingerprint density at radius 2 is 1.70 bits per heavy atom. The summed E-state index contributed by atoms with van der Waals surface area (Å²) in [6.45, 7) is 10.6. The van der Waals surface area contributed by atoms with Crippen LogP contribution in [-0.4, -0.2) is 58.3 Å². The van der Waals surface area contributed by atoms with Crippen LogP contribution in [0.3, 0.4) is 0 Å². The summed E-state index contributed by atoms with van der Waals surface area (Å²) in [5, 5.41) is 1.31. The molecule has 1 aliphatic rings. The summed E-state index contributed by atoms with van der Waals surface area (Å²) in [5.74, 6) is 0.901. The van der Waals surface area contributed by atoms with Gasteiger partial charge in [-0.15, -0.1) is 0 Å². The monoisotopic (exact) mass is 445 g/mol. The second-order valence-electron chi connectivity index (χ2n) is 8.75. The minimum absolute atomic E-state index is 0.901. The van der Waals surface area contributed by atoms with Crippen molar-refractivity contribution in [3.8, 4) is 5.75 Å². The van der Waals surface area contributed by atoms with Crippen molar-refractivity contribution in [3.05, 3.63) is 59.8 Å². The summed E-state index contributed by atoms with van der Waals surface area (Å²) in [4.78, 5) is 7.26. The lowest BCUT2D eigenvalue weighted by Gasteiger charge is -2.34. The van der Waals surface area contributed by atoms with E-state index in [1.54, 1.807) is 7.11 Å². The Balaban J connectivity index is 1.72. The molecule has 0 N–H and O–H groups in total. The molecule has 1 aliphatic heterocycles. The number of anilines is 2. The Morgan fingerprint density at radius 3 is 2.39 bits per heavy atom. The van der Waals surface area contributed by atoms with Crippen LogP contribution < -0.4 is 19.1 Å². The zero-order chi connectivity index (χ0) is 23.4. The molecule has 33 heavy (non-hydrogen) atoms. The molecular formula is C28H37N4O+. The first-order chi connectivity index (χ1) is 16.0. The third-order valence-corrected chi connectivity index (χ3v) is 6.84. The Kier molecular flexibility index (Phi) is 7.19. The van der Waals surface area contributed by atoms with E-state index in [-0.39, 0.29) is 0 Å². The van der Waals surface area contributed by atoms with Crippen molar-refractivity contribution in [1.29, 1.82) is 0 Å². The normalized spacial score (nSPS) is 14.9. The van der Waals surface area contributed by atoms with Crippen molar-refractivity contribution in [2.75, 3.05) is 63.2 Å². The molecular weight excluding hydrogens is 408 g/mol. The highest BCUT2D eigenvalue weighted by Gasteiger charge is 2.21. The zero-order valence-corrected chi connectivity index (χ0v) is 20.7. The molecule has 174 valence electrons. The van der Waals surface area contributed by atoms with Crippen LogP contribution in [0.5, 0.6) is 5.75 Å². The van der Waals surface area contributed by atoms with Crippen molar-refractivity contribution in [3.63, 3.8) is 0 Å². The number of likely N-dealkylation sites (N-methyl/N-ethyl adjacent to an activating group) is 1. The molecule has 2 aromatic carbocycles. The van der Waals surface area contributed by atoms with E-state index < -0.39 is 0 Å². The smallest absolute Gasteiger partial charge is 0.214 e. The van der Waals surface area contributed by atoms with Crippen molar-refractivity contribution in [2.24, 2.45) is 7.05 Å². The van der Waals surface area contributed by atoms with Crippen LogP contribution in [0.25, 0.3) is 23.1 Å². The molecule has 0 aliphatic carbocycles. The van der Waals surface area contributed by atoms with Gasteiger partial charge in [-0.1, -0.05) is 12.1 Å². The van der Waals surface area contributed by atoms with Gasteiger partial charge in [-0.05, 0) is 45.2 Å². The first-order valence-corrected chi connectivity index (χ1v) is 12.0. The standard InChI is InChI=1S/C28H37N4O/c1-6-31(7-2)24-15-13-22(28(21-24)33-5)12-14-23-20-27(32-18-16-29(3)17-19-32)25-10-8-9-11-26(25)30(23)4/h8-15,20-21H,6-7,16-19H2,1-5H3/q+1. The number of fused-ring (bicyclic) bond motifs is 1. The SMILES string of the molecule is CCN(CC)c1ccc(C=Cc2cc(N3CCN(C)CC3)c3ccccc3[n+]2C)c(OC)c1. The molecule has 5 nitrogen and oxygen atoms in total. The summed E-state index contributed by atoms with van der Waals surface area (Å²) in [6.07, 6.45) is 4.38. The maximum atomic E-state index is 5.75. The highest BCUT2D eigenvalue weighted by molar-refractivity contribution is 5.91. The van der Waals surface area contributed by atoms with Crippen LogP contribution in [0.1, 0.15) is 25.1 Å². The van der Waals surface area contributed by atoms with Gasteiger partial charge in [0.2, 0.25) is 11.2 Å². The minimum Gasteiger partial charge on any atom is -0.496 e. The van der Waals surface area contributed by atoms with Gasteiger partial charge in [-0.25, -0.2) is 0 Å². The quantitative estimate of drug-likeness (QED) is 0.502. The molecule has 0 saturated carbocycles. The summed E-state index contributed by atoms with van der Waals surface area (Å²) >= 11 is 0. The van der Waals surface area contributed by atoms with Crippen LogP contribution in [0.4, 0.5) is 11.4 Å². The summed E-state index contributed by atoms with van der Waals surface area (Å²) in [7, 11) is 6.10. The summed E-state index contributed by atoms with van der Waals surface area (Å²) in [6, 6.07) is 17.5. The van der Waals surface area contributed by atoms with E-state index >= 15 is 0 Å². The van der Waals surface area contributed by atoms with E-state index in [0.717, 1.165) is 50.6 Å². The second kappa shape index (κ2) is 10.3. The lowest BCUT2D eigenvalue weighted by atomic mass is 10.1. The van der Waals surface area contributed by atoms with Gasteiger partial charge in [0.1, 0.15) is 12.8 Å². The molecule has 5 heteroatoms. The van der Waals surface area contributed by atoms with E-state index in [0.29, 0.717) is 0 Å². The van der Waals surface area contributed by atoms with Crippen molar-refractivity contribution < 1.29 is 9.30 Å². The number of hydrogen-bond acceptors (Lipinski definition) is 4. The number of hydrogen-bond donors (Lipinski definition) is 0. The Labute approximate surface area is 198 Å². The van der Waals surface area contributed by atoms with Gasteiger partial charge in [0, 0.05) is 74.8 Å². The molecule has 1 saturated heterocycles. The molecule has 0 atom stereocenters. The number of rotatable bonds is 7. The van der Waals surface area contributed by atoms with E-state index in [4.69, 9.17) is 4.74 Å². The van der Waals surface area contributed by atoms with Gasteiger partial charge in [0.25, 0.3) is 0 Å². The number of ether oxygens (including phenoxy) is 1. The van der Waals surface area contributed by atoms with E-state index in [2.05, 4.69) is 108 Å². The summed E-state index contributed by atoms with van der Waals surface area (Å²) in [5.41, 5.74) is 6.03. The Bertz CT molecular complexity index is 1130. The number of aromatic nitrogens is 1. The van der Waals surface area contributed by atoms with E-state index in [9.17, 15) is 0 Å². The van der Waals surface area contributed by atoms with Crippen LogP contribution in [-0.2, 0) is 7.05 Å². The van der Waals surface area contributed by atoms with Crippen LogP contribution >= 0.6 is 0 Å². The number of methoxy groups -OCH3 is 1. The van der Waals surface area contributed by atoms with Gasteiger partial charge >= 0.3 is 0 Å². The lowest BCUT2D eigenvalue weighted by molar-refractivity contribution is -0.646. The van der Waals surface area contributed by atoms with Crippen molar-refractivity contribution in [2.45, 2.75) is 13.8 Å². The van der Waals surface area contributed by atoms with Gasteiger partial charge in [0.05, 0.1) is 18.2 Å². The van der Waals surface area contributed by atoms with Crippen LogP contribution in [0.15, 0.2) is 48.5 Å². The number of piperazine rings is 1. The molecule has 3 aromatic rings. The Hall–Kier alpha value is -3.05. The fourth-order valence-corrected chi connectivity index (χ4v) is 4.70. The maximum absolute atomic E-state index is 5.75. The summed E-state index contributed by atoms with van der Waals surface area (Å²) < 4.78 is 8.03. The van der Waals surface area contributed by atoms with E-state index in [1.807, 2.05) is 0 Å². The minimum atomic E-state index is 0.901. The Morgan fingerprint density at radius 1 is 0.970 bits per heavy atom. The molecule has 0 unspecified atom stereocenters. The average molecular weight is 446 g/mol. The topological polar surface area (TPSA) is 22.8 Å². The predicted molar refractivity (Wildman–Crippen MR) is 140 cm³/mol. The fourth-order valence-electron chi connectivity index (χ4n) is 4.70. The van der Waals surface area contributed by atoms with Crippen LogP contribution in [0.2, 0.25) is 0 Å². The second-order valence-corrected chi connectivity index (χ2v) is 8.75. The fraction of sp³-hybridized carbons (Fsp3) is 0.393. The van der Waals surface area contributed by atoms with Crippen molar-refractivity contribution in [1.82, 2.24) is 4.90 Å². The third kappa shape index (κ3) is 4.83. The van der Waals surface area contributed by atoms with Gasteiger partial charge < -0.3 is 19.4 Å². The van der Waals surface area contributed by atoms with Crippen LogP contribution in [0, 0.1) is 0 Å². The average Bonchev–Trinajstić information content (AvgIpc) is 2.85. The molecule has 2 heterocycles. The van der Waals surface area contributed by atoms with Gasteiger partial charge in [0.15, 0.2) is 0 Å². The van der Waals surface area contributed by atoms with Crippen molar-refractivity contribution >= 4 is 34.4 Å². The maximum Gasteiger partial charge on any atom is 0.214 e. The molecule has 0 radical (unpaired) electrons. The molecule has 0 spiro atoms. The zero-order valence-electron chi connectivity index (χ0n) is 20.7. The first kappa shape index (κ1) is 23.1. The molecule has 4 rings (SSSR count). The largest absolute Gasteiger partial charge is 0.496 e. The number of benzene rings is 2. The van der Waals surface area contributed by atoms with E-state index in [1.165, 1.54) is 28.0 Å². The molecule has 1 aromatic heterocycles. The van der Waals surface area contributed by atoms with Gasteiger partial charge in [-0.3, -0.25) is 0 Å².